The lowest BCUT2D eigenvalue weighted by Gasteiger charge is -2.24. The van der Waals surface area contributed by atoms with E-state index in [0.717, 1.165) is 38.6 Å². The van der Waals surface area contributed by atoms with Gasteiger partial charge >= 0.3 is 0 Å². The van der Waals surface area contributed by atoms with E-state index in [1.54, 1.807) is 0 Å². The normalized spacial score (nSPS) is 15.7. The molecule has 3 aromatic rings. The zero-order valence-corrected chi connectivity index (χ0v) is 17.1. The van der Waals surface area contributed by atoms with Gasteiger partial charge in [0.15, 0.2) is 0 Å². The zero-order chi connectivity index (χ0) is 20.1. The Balaban J connectivity index is 1.33. The summed E-state index contributed by atoms with van der Waals surface area (Å²) >= 11 is 0. The molecule has 1 unspecified atom stereocenters. The quantitative estimate of drug-likeness (QED) is 0.635. The Kier molecular flexibility index (Phi) is 6.09. The zero-order valence-electron chi connectivity index (χ0n) is 17.1. The summed E-state index contributed by atoms with van der Waals surface area (Å²) in [4.78, 5) is 12.5. The van der Waals surface area contributed by atoms with Gasteiger partial charge in [0.05, 0.1) is 18.8 Å². The van der Waals surface area contributed by atoms with Crippen LogP contribution in [0.5, 0.6) is 0 Å². The van der Waals surface area contributed by atoms with Crippen molar-refractivity contribution in [2.75, 3.05) is 0 Å². The van der Waals surface area contributed by atoms with Crippen LogP contribution in [0.1, 0.15) is 59.7 Å². The number of aryl methyl sites for hydroxylation is 2. The van der Waals surface area contributed by atoms with Crippen LogP contribution in [-0.2, 0) is 24.2 Å². The van der Waals surface area contributed by atoms with Gasteiger partial charge in [0.2, 0.25) is 5.91 Å². The lowest BCUT2D eigenvalue weighted by molar-refractivity contribution is -0.122. The fraction of sp³-hybridized carbons (Fsp3) is 0.360. The first-order valence-corrected chi connectivity index (χ1v) is 10.6. The number of nitrogens with one attached hydrogen (secondary N) is 1. The molecule has 0 bridgehead atoms. The molecule has 1 heterocycles. The highest BCUT2D eigenvalue weighted by molar-refractivity contribution is 5.76. The maximum Gasteiger partial charge on any atom is 0.220 e. The first-order chi connectivity index (χ1) is 14.2. The highest BCUT2D eigenvalue weighted by atomic mass is 16.1. The van der Waals surface area contributed by atoms with Crippen molar-refractivity contribution in [3.63, 3.8) is 0 Å². The van der Waals surface area contributed by atoms with Gasteiger partial charge in [0.25, 0.3) is 0 Å². The number of hydrogen-bond acceptors (Lipinski definition) is 2. The third-order valence-corrected chi connectivity index (χ3v) is 5.76. The highest BCUT2D eigenvalue weighted by Crippen LogP contribution is 2.30. The molecule has 4 rings (SSSR count). The van der Waals surface area contributed by atoms with E-state index in [2.05, 4.69) is 70.6 Å². The summed E-state index contributed by atoms with van der Waals surface area (Å²) in [5, 5.41) is 7.88. The standard InChI is InChI=1S/C25H29N3O/c1-19-13-15-20(16-14-19)9-5-12-25(29)27-23-10-6-11-24-22(23)17-26-28(24)18-21-7-3-2-4-8-21/h2-4,7-8,13-17,23H,5-6,9-12,18H2,1H3,(H,27,29). The Labute approximate surface area is 173 Å². The van der Waals surface area contributed by atoms with Crippen LogP contribution in [0.25, 0.3) is 0 Å². The molecule has 1 atom stereocenters. The second-order valence-corrected chi connectivity index (χ2v) is 8.04. The Morgan fingerprint density at radius 1 is 1.10 bits per heavy atom. The number of fused-ring (bicyclic) bond motifs is 1. The summed E-state index contributed by atoms with van der Waals surface area (Å²) in [5.41, 5.74) is 6.28. The molecular formula is C25H29N3O. The van der Waals surface area contributed by atoms with Crippen LogP contribution >= 0.6 is 0 Å². The van der Waals surface area contributed by atoms with E-state index < -0.39 is 0 Å². The van der Waals surface area contributed by atoms with Gasteiger partial charge in [-0.25, -0.2) is 0 Å². The molecule has 0 saturated heterocycles. The lowest BCUT2D eigenvalue weighted by Crippen LogP contribution is -2.31. The van der Waals surface area contributed by atoms with Crippen molar-refractivity contribution < 1.29 is 4.79 Å². The number of amides is 1. The Bertz CT molecular complexity index is 944. The fourth-order valence-electron chi connectivity index (χ4n) is 4.14. The van der Waals surface area contributed by atoms with Crippen molar-refractivity contribution in [2.24, 2.45) is 0 Å². The van der Waals surface area contributed by atoms with E-state index in [9.17, 15) is 4.79 Å². The molecule has 29 heavy (non-hydrogen) atoms. The summed E-state index contributed by atoms with van der Waals surface area (Å²) < 4.78 is 2.10. The highest BCUT2D eigenvalue weighted by Gasteiger charge is 2.25. The van der Waals surface area contributed by atoms with Crippen LogP contribution in [-0.4, -0.2) is 15.7 Å². The largest absolute Gasteiger partial charge is 0.349 e. The summed E-state index contributed by atoms with van der Waals surface area (Å²) in [6, 6.07) is 19.1. The van der Waals surface area contributed by atoms with Crippen LogP contribution in [0.4, 0.5) is 0 Å². The summed E-state index contributed by atoms with van der Waals surface area (Å²) in [6.07, 6.45) is 7.45. The Hall–Kier alpha value is -2.88. The van der Waals surface area contributed by atoms with Gasteiger partial charge in [-0.3, -0.25) is 9.48 Å². The number of rotatable bonds is 7. The van der Waals surface area contributed by atoms with Gasteiger partial charge in [-0.15, -0.1) is 0 Å². The molecule has 4 nitrogen and oxygen atoms in total. The van der Waals surface area contributed by atoms with E-state index in [1.807, 2.05) is 12.3 Å². The maximum atomic E-state index is 12.5. The number of nitrogens with zero attached hydrogens (tertiary/aromatic N) is 2. The second kappa shape index (κ2) is 9.08. The molecule has 1 amide bonds. The number of aromatic nitrogens is 2. The molecule has 0 saturated carbocycles. The first-order valence-electron chi connectivity index (χ1n) is 10.6. The second-order valence-electron chi connectivity index (χ2n) is 8.04. The molecule has 0 aliphatic heterocycles. The van der Waals surface area contributed by atoms with Gasteiger partial charge in [-0.2, -0.15) is 5.10 Å². The van der Waals surface area contributed by atoms with E-state index in [0.29, 0.717) is 6.42 Å². The molecule has 2 aromatic carbocycles. The molecule has 4 heteroatoms. The lowest BCUT2D eigenvalue weighted by atomic mass is 9.92. The van der Waals surface area contributed by atoms with Crippen molar-refractivity contribution in [3.05, 3.63) is 88.7 Å². The molecule has 150 valence electrons. The Morgan fingerprint density at radius 3 is 2.69 bits per heavy atom. The van der Waals surface area contributed by atoms with Gasteiger partial charge in [0, 0.05) is 17.7 Å². The molecule has 1 aromatic heterocycles. The average molecular weight is 388 g/mol. The van der Waals surface area contributed by atoms with Crippen LogP contribution in [0.15, 0.2) is 60.8 Å². The van der Waals surface area contributed by atoms with Gasteiger partial charge in [-0.05, 0) is 50.2 Å². The van der Waals surface area contributed by atoms with Gasteiger partial charge in [0.1, 0.15) is 0 Å². The fourth-order valence-corrected chi connectivity index (χ4v) is 4.14. The molecule has 1 aliphatic rings. The molecule has 0 spiro atoms. The third-order valence-electron chi connectivity index (χ3n) is 5.76. The predicted molar refractivity (Wildman–Crippen MR) is 116 cm³/mol. The number of carbonyl (C=O) groups is 1. The number of carbonyl (C=O) groups excluding carboxylic acids is 1. The third kappa shape index (κ3) is 4.94. The van der Waals surface area contributed by atoms with E-state index in [4.69, 9.17) is 0 Å². The molecule has 0 radical (unpaired) electrons. The van der Waals surface area contributed by atoms with Crippen LogP contribution in [0.2, 0.25) is 0 Å². The SMILES string of the molecule is Cc1ccc(CCCC(=O)NC2CCCc3c2cnn3Cc2ccccc2)cc1. The van der Waals surface area contributed by atoms with E-state index in [1.165, 1.54) is 27.9 Å². The minimum Gasteiger partial charge on any atom is -0.349 e. The number of hydrogen-bond donors (Lipinski definition) is 1. The van der Waals surface area contributed by atoms with Crippen LogP contribution in [0, 0.1) is 6.92 Å². The first kappa shape index (κ1) is 19.4. The smallest absolute Gasteiger partial charge is 0.220 e. The van der Waals surface area contributed by atoms with E-state index in [-0.39, 0.29) is 11.9 Å². The van der Waals surface area contributed by atoms with Crippen molar-refractivity contribution in [2.45, 2.75) is 58.0 Å². The predicted octanol–water partition coefficient (Wildman–Crippen LogP) is 4.76. The van der Waals surface area contributed by atoms with Crippen LogP contribution in [0.3, 0.4) is 0 Å². The van der Waals surface area contributed by atoms with Crippen molar-refractivity contribution in [1.29, 1.82) is 0 Å². The maximum absolute atomic E-state index is 12.5. The van der Waals surface area contributed by atoms with Gasteiger partial charge < -0.3 is 5.32 Å². The van der Waals surface area contributed by atoms with Gasteiger partial charge in [-0.1, -0.05) is 60.2 Å². The number of benzene rings is 2. The minimum absolute atomic E-state index is 0.0927. The monoisotopic (exact) mass is 387 g/mol. The summed E-state index contributed by atoms with van der Waals surface area (Å²) in [6.45, 7) is 2.88. The molecule has 1 aliphatic carbocycles. The molecule has 1 N–H and O–H groups in total. The van der Waals surface area contributed by atoms with Crippen molar-refractivity contribution in [1.82, 2.24) is 15.1 Å². The summed E-state index contributed by atoms with van der Waals surface area (Å²) in [7, 11) is 0. The molecule has 0 fully saturated rings. The van der Waals surface area contributed by atoms with Crippen LogP contribution < -0.4 is 5.32 Å². The summed E-state index contributed by atoms with van der Waals surface area (Å²) in [5.74, 6) is 0.144. The van der Waals surface area contributed by atoms with Crippen molar-refractivity contribution >= 4 is 5.91 Å². The average Bonchev–Trinajstić information content (AvgIpc) is 3.14. The topological polar surface area (TPSA) is 46.9 Å². The van der Waals surface area contributed by atoms with Crippen molar-refractivity contribution in [3.8, 4) is 0 Å². The molecular weight excluding hydrogens is 358 g/mol. The van der Waals surface area contributed by atoms with E-state index >= 15 is 0 Å². The Morgan fingerprint density at radius 2 is 1.90 bits per heavy atom. The minimum atomic E-state index is 0.0927.